The van der Waals surface area contributed by atoms with E-state index in [1.165, 1.54) is 7.11 Å². The smallest absolute Gasteiger partial charge is 0.339 e. The van der Waals surface area contributed by atoms with Gasteiger partial charge in [-0.05, 0) is 29.9 Å². The minimum Gasteiger partial charge on any atom is -0.465 e. The lowest BCUT2D eigenvalue weighted by Crippen LogP contribution is -2.05. The van der Waals surface area contributed by atoms with Crippen LogP contribution in [0.4, 0.5) is 5.69 Å². The van der Waals surface area contributed by atoms with Crippen molar-refractivity contribution in [2.45, 2.75) is 6.42 Å². The summed E-state index contributed by atoms with van der Waals surface area (Å²) in [7, 11) is 1.34. The van der Waals surface area contributed by atoms with E-state index in [2.05, 4.69) is 17.4 Å². The maximum Gasteiger partial charge on any atom is 0.339 e. The molecule has 0 fully saturated rings. The number of methoxy groups -OCH3 is 1. The Kier molecular flexibility index (Phi) is 4.92. The molecule has 0 spiro atoms. The first-order chi connectivity index (χ1) is 7.69. The number of nitrogen functional groups attached to an aromatic ring is 1. The molecule has 1 aromatic rings. The Labute approximate surface area is 101 Å². The molecule has 0 atom stereocenters. The Morgan fingerprint density at radius 2 is 2.31 bits per heavy atom. The number of carbonyl (C=O) groups excluding carboxylic acids is 1. The van der Waals surface area contributed by atoms with Crippen molar-refractivity contribution in [3.05, 3.63) is 35.4 Å². The Morgan fingerprint density at radius 3 is 2.94 bits per heavy atom. The number of allylic oxidation sites excluding steroid dienone is 1. The van der Waals surface area contributed by atoms with Gasteiger partial charge in [-0.3, -0.25) is 0 Å². The molecular weight excluding hydrogens is 222 g/mol. The highest BCUT2D eigenvalue weighted by molar-refractivity contribution is 7.80. The lowest BCUT2D eigenvalue weighted by Gasteiger charge is -2.04. The molecule has 0 amide bonds. The third kappa shape index (κ3) is 3.31. The van der Waals surface area contributed by atoms with Gasteiger partial charge in [-0.2, -0.15) is 12.6 Å². The van der Waals surface area contributed by atoms with Gasteiger partial charge in [0.1, 0.15) is 0 Å². The minimum absolute atomic E-state index is 0.399. The quantitative estimate of drug-likeness (QED) is 0.480. The molecule has 0 aliphatic rings. The van der Waals surface area contributed by atoms with Crippen molar-refractivity contribution in [2.24, 2.45) is 0 Å². The molecule has 0 unspecified atom stereocenters. The number of thiol groups is 1. The van der Waals surface area contributed by atoms with Crippen LogP contribution in [-0.2, 0) is 4.74 Å². The molecule has 86 valence electrons. The summed E-state index contributed by atoms with van der Waals surface area (Å²) in [6, 6.07) is 5.28. The highest BCUT2D eigenvalue weighted by atomic mass is 32.1. The van der Waals surface area contributed by atoms with E-state index in [9.17, 15) is 4.79 Å². The van der Waals surface area contributed by atoms with Crippen LogP contribution in [-0.4, -0.2) is 18.8 Å². The largest absolute Gasteiger partial charge is 0.465 e. The second-order valence-corrected chi connectivity index (χ2v) is 3.70. The van der Waals surface area contributed by atoms with Crippen LogP contribution in [0.3, 0.4) is 0 Å². The van der Waals surface area contributed by atoms with Crippen LogP contribution in [0.1, 0.15) is 22.3 Å². The number of carbonyl (C=O) groups is 1. The molecule has 2 N–H and O–H groups in total. The van der Waals surface area contributed by atoms with Crippen LogP contribution >= 0.6 is 12.6 Å². The van der Waals surface area contributed by atoms with Crippen molar-refractivity contribution in [2.75, 3.05) is 18.6 Å². The molecule has 0 bridgehead atoms. The summed E-state index contributed by atoms with van der Waals surface area (Å²) in [4.78, 5) is 11.4. The average Bonchev–Trinajstić information content (AvgIpc) is 2.30. The predicted molar refractivity (Wildman–Crippen MR) is 69.7 cm³/mol. The van der Waals surface area contributed by atoms with E-state index in [-0.39, 0.29) is 0 Å². The van der Waals surface area contributed by atoms with Crippen LogP contribution < -0.4 is 5.73 Å². The monoisotopic (exact) mass is 237 g/mol. The van der Waals surface area contributed by atoms with Crippen molar-refractivity contribution in [3.63, 3.8) is 0 Å². The zero-order chi connectivity index (χ0) is 12.0. The van der Waals surface area contributed by atoms with E-state index >= 15 is 0 Å². The Morgan fingerprint density at radius 1 is 1.56 bits per heavy atom. The SMILES string of the molecule is COC(=O)c1cc(C=CCCS)ccc1N. The van der Waals surface area contributed by atoms with Gasteiger partial charge in [-0.25, -0.2) is 4.79 Å². The molecule has 0 aromatic heterocycles. The molecular formula is C12H15NO2S. The summed E-state index contributed by atoms with van der Waals surface area (Å²) in [5, 5.41) is 0. The van der Waals surface area contributed by atoms with Gasteiger partial charge in [0.15, 0.2) is 0 Å². The molecule has 0 aliphatic carbocycles. The molecule has 0 aliphatic heterocycles. The lowest BCUT2D eigenvalue weighted by atomic mass is 10.1. The summed E-state index contributed by atoms with van der Waals surface area (Å²) in [6.07, 6.45) is 4.82. The van der Waals surface area contributed by atoms with E-state index in [4.69, 9.17) is 5.73 Å². The summed E-state index contributed by atoms with van der Waals surface area (Å²) in [5.74, 6) is 0.386. The third-order valence-corrected chi connectivity index (χ3v) is 2.35. The third-order valence-electron chi connectivity index (χ3n) is 2.09. The molecule has 16 heavy (non-hydrogen) atoms. The fourth-order valence-electron chi connectivity index (χ4n) is 1.26. The van der Waals surface area contributed by atoms with Crippen molar-refractivity contribution in [3.8, 4) is 0 Å². The van der Waals surface area contributed by atoms with Gasteiger partial charge >= 0.3 is 5.97 Å². The number of esters is 1. The van der Waals surface area contributed by atoms with Gasteiger partial charge < -0.3 is 10.5 Å². The first-order valence-corrected chi connectivity index (χ1v) is 5.57. The van der Waals surface area contributed by atoms with Gasteiger partial charge in [0, 0.05) is 5.69 Å². The van der Waals surface area contributed by atoms with Gasteiger partial charge in [-0.15, -0.1) is 0 Å². The van der Waals surface area contributed by atoms with Crippen LogP contribution in [0, 0.1) is 0 Å². The lowest BCUT2D eigenvalue weighted by molar-refractivity contribution is 0.0602. The van der Waals surface area contributed by atoms with Gasteiger partial charge in [0.05, 0.1) is 12.7 Å². The number of rotatable bonds is 4. The zero-order valence-corrected chi connectivity index (χ0v) is 10.0. The average molecular weight is 237 g/mol. The highest BCUT2D eigenvalue weighted by Gasteiger charge is 2.09. The van der Waals surface area contributed by atoms with Crippen molar-refractivity contribution >= 4 is 30.4 Å². The van der Waals surface area contributed by atoms with E-state index in [1.54, 1.807) is 12.1 Å². The van der Waals surface area contributed by atoms with E-state index in [1.807, 2.05) is 18.2 Å². The predicted octanol–water partition coefficient (Wildman–Crippen LogP) is 2.39. The maximum absolute atomic E-state index is 11.4. The number of anilines is 1. The Bertz CT molecular complexity index is 402. The summed E-state index contributed by atoms with van der Waals surface area (Å²) < 4.78 is 4.64. The number of ether oxygens (including phenoxy) is 1. The van der Waals surface area contributed by atoms with Gasteiger partial charge in [0.2, 0.25) is 0 Å². The first kappa shape index (κ1) is 12.6. The van der Waals surface area contributed by atoms with E-state index in [0.29, 0.717) is 11.3 Å². The second kappa shape index (κ2) is 6.23. The molecule has 0 saturated carbocycles. The first-order valence-electron chi connectivity index (χ1n) is 4.94. The van der Waals surface area contributed by atoms with Gasteiger partial charge in [0.25, 0.3) is 0 Å². The molecule has 0 saturated heterocycles. The van der Waals surface area contributed by atoms with Crippen LogP contribution in [0.15, 0.2) is 24.3 Å². The standard InChI is InChI=1S/C12H15NO2S/c1-15-12(14)10-8-9(4-2-3-7-16)5-6-11(10)13/h2,4-6,8,16H,3,7,13H2,1H3. The number of hydrogen-bond acceptors (Lipinski definition) is 4. The Balaban J connectivity index is 2.93. The zero-order valence-electron chi connectivity index (χ0n) is 9.14. The number of benzene rings is 1. The van der Waals surface area contributed by atoms with Crippen molar-refractivity contribution in [1.29, 1.82) is 0 Å². The molecule has 4 heteroatoms. The van der Waals surface area contributed by atoms with Crippen molar-refractivity contribution in [1.82, 2.24) is 0 Å². The van der Waals surface area contributed by atoms with Crippen molar-refractivity contribution < 1.29 is 9.53 Å². The fourth-order valence-corrected chi connectivity index (χ4v) is 1.41. The van der Waals surface area contributed by atoms with Crippen LogP contribution in [0.25, 0.3) is 6.08 Å². The minimum atomic E-state index is -0.415. The second-order valence-electron chi connectivity index (χ2n) is 3.25. The molecule has 3 nitrogen and oxygen atoms in total. The summed E-state index contributed by atoms with van der Waals surface area (Å²) >= 11 is 4.11. The van der Waals surface area contributed by atoms with Crippen LogP contribution in [0.5, 0.6) is 0 Å². The number of nitrogens with two attached hydrogens (primary N) is 1. The Hall–Kier alpha value is -1.42. The molecule has 0 radical (unpaired) electrons. The van der Waals surface area contributed by atoms with Crippen LogP contribution in [0.2, 0.25) is 0 Å². The fraction of sp³-hybridized carbons (Fsp3) is 0.250. The summed E-state index contributed by atoms with van der Waals surface area (Å²) in [5.41, 5.74) is 7.44. The topological polar surface area (TPSA) is 52.3 Å². The van der Waals surface area contributed by atoms with E-state index in [0.717, 1.165) is 17.7 Å². The van der Waals surface area contributed by atoms with E-state index < -0.39 is 5.97 Å². The molecule has 0 heterocycles. The maximum atomic E-state index is 11.4. The van der Waals surface area contributed by atoms with Gasteiger partial charge in [-0.1, -0.05) is 18.2 Å². The summed E-state index contributed by atoms with van der Waals surface area (Å²) in [6.45, 7) is 0. The molecule has 1 rings (SSSR count). The number of hydrogen-bond donors (Lipinski definition) is 2. The molecule has 1 aromatic carbocycles. The highest BCUT2D eigenvalue weighted by Crippen LogP contribution is 2.16. The normalized spacial score (nSPS) is 10.6.